The maximum atomic E-state index is 11.8. The number of aromatic nitrogens is 3. The van der Waals surface area contributed by atoms with Crippen LogP contribution in [-0.4, -0.2) is 28.2 Å². The number of H-pyrrole nitrogens is 1. The van der Waals surface area contributed by atoms with Crippen molar-refractivity contribution in [3.05, 3.63) is 58.9 Å². The van der Waals surface area contributed by atoms with Crippen LogP contribution in [-0.2, 0) is 0 Å². The third-order valence-electron chi connectivity index (χ3n) is 2.84. The topological polar surface area (TPSA) is 85.4 Å². The second-order valence-electron chi connectivity index (χ2n) is 4.15. The number of nitrogens with zero attached hydrogens (tertiary/aromatic N) is 3. The minimum Gasteiger partial charge on any atom is -0.497 e. The van der Waals surface area contributed by atoms with Crippen LogP contribution in [0.15, 0.2) is 57.0 Å². The number of furan rings is 1. The van der Waals surface area contributed by atoms with Gasteiger partial charge in [0.05, 0.1) is 19.6 Å². The van der Waals surface area contributed by atoms with E-state index in [1.165, 1.54) is 17.2 Å². The van der Waals surface area contributed by atoms with E-state index in [0.717, 1.165) is 11.3 Å². The summed E-state index contributed by atoms with van der Waals surface area (Å²) in [6.07, 6.45) is 2.98. The molecule has 0 bridgehead atoms. The van der Waals surface area contributed by atoms with Gasteiger partial charge >= 0.3 is 5.69 Å². The van der Waals surface area contributed by atoms with Crippen molar-refractivity contribution in [3.8, 4) is 17.1 Å². The minimum atomic E-state index is -0.427. The number of benzene rings is 1. The van der Waals surface area contributed by atoms with Gasteiger partial charge in [-0.1, -0.05) is 0 Å². The summed E-state index contributed by atoms with van der Waals surface area (Å²) in [5, 5.41) is 10.4. The lowest BCUT2D eigenvalue weighted by Gasteiger charge is -2.02. The standard InChI is InChI=1S/C14H12N4O3/c1-20-11-6-4-10(5-7-11)13-16-17-14(19)18(13)15-9-12-3-2-8-21-12/h2-9H,1H3,(H,17,19)/b15-9+. The number of nitrogens with one attached hydrogen (secondary N) is 1. The Bertz CT molecular complexity index is 798. The molecule has 0 fully saturated rings. The molecule has 3 rings (SSSR count). The zero-order valence-corrected chi connectivity index (χ0v) is 11.2. The number of hydrogen-bond donors (Lipinski definition) is 1. The fourth-order valence-corrected chi connectivity index (χ4v) is 1.81. The summed E-state index contributed by atoms with van der Waals surface area (Å²) in [6, 6.07) is 10.6. The van der Waals surface area contributed by atoms with E-state index in [0.29, 0.717) is 11.6 Å². The van der Waals surface area contributed by atoms with Crippen LogP contribution in [0.2, 0.25) is 0 Å². The third-order valence-corrected chi connectivity index (χ3v) is 2.84. The molecule has 7 nitrogen and oxygen atoms in total. The molecule has 0 amide bonds. The van der Waals surface area contributed by atoms with Gasteiger partial charge in [0.15, 0.2) is 5.82 Å². The molecule has 21 heavy (non-hydrogen) atoms. The molecule has 106 valence electrons. The van der Waals surface area contributed by atoms with Gasteiger partial charge in [-0.25, -0.2) is 9.89 Å². The summed E-state index contributed by atoms with van der Waals surface area (Å²) in [7, 11) is 1.59. The molecule has 1 aromatic carbocycles. The molecule has 0 radical (unpaired) electrons. The molecule has 7 heteroatoms. The number of hydrogen-bond acceptors (Lipinski definition) is 5. The molecular weight excluding hydrogens is 272 g/mol. The predicted molar refractivity (Wildman–Crippen MR) is 76.5 cm³/mol. The first-order valence-electron chi connectivity index (χ1n) is 6.17. The smallest absolute Gasteiger partial charge is 0.364 e. The highest BCUT2D eigenvalue weighted by molar-refractivity contribution is 5.75. The lowest BCUT2D eigenvalue weighted by atomic mass is 10.2. The lowest BCUT2D eigenvalue weighted by Crippen LogP contribution is -2.13. The Morgan fingerprint density at radius 1 is 1.33 bits per heavy atom. The molecular formula is C14H12N4O3. The summed E-state index contributed by atoms with van der Waals surface area (Å²) < 4.78 is 11.4. The second-order valence-corrected chi connectivity index (χ2v) is 4.15. The van der Waals surface area contributed by atoms with Gasteiger partial charge in [0, 0.05) is 5.56 Å². The quantitative estimate of drug-likeness (QED) is 0.739. The summed E-state index contributed by atoms with van der Waals surface area (Å²) in [5.41, 5.74) is 0.314. The van der Waals surface area contributed by atoms with Crippen molar-refractivity contribution in [1.82, 2.24) is 14.9 Å². The van der Waals surface area contributed by atoms with E-state index in [9.17, 15) is 4.79 Å². The molecule has 0 atom stereocenters. The molecule has 0 aliphatic heterocycles. The zero-order chi connectivity index (χ0) is 14.7. The zero-order valence-electron chi connectivity index (χ0n) is 11.2. The molecule has 2 aromatic heterocycles. The number of rotatable bonds is 4. The van der Waals surface area contributed by atoms with Crippen molar-refractivity contribution in [2.45, 2.75) is 0 Å². The van der Waals surface area contributed by atoms with E-state index in [-0.39, 0.29) is 0 Å². The first-order valence-corrected chi connectivity index (χ1v) is 6.17. The van der Waals surface area contributed by atoms with Gasteiger partial charge < -0.3 is 9.15 Å². The Balaban J connectivity index is 1.98. The van der Waals surface area contributed by atoms with E-state index >= 15 is 0 Å². The van der Waals surface area contributed by atoms with Crippen molar-refractivity contribution in [2.75, 3.05) is 7.11 Å². The van der Waals surface area contributed by atoms with Crippen LogP contribution in [0.3, 0.4) is 0 Å². The average Bonchev–Trinajstić information content (AvgIpc) is 3.15. The van der Waals surface area contributed by atoms with Crippen LogP contribution in [0.25, 0.3) is 11.4 Å². The molecule has 0 saturated heterocycles. The van der Waals surface area contributed by atoms with Crippen LogP contribution >= 0.6 is 0 Å². The normalized spacial score (nSPS) is 11.1. The Kier molecular flexibility index (Phi) is 3.38. The molecule has 0 aliphatic rings. The molecule has 3 aromatic rings. The van der Waals surface area contributed by atoms with E-state index in [4.69, 9.17) is 9.15 Å². The highest BCUT2D eigenvalue weighted by Gasteiger charge is 2.09. The van der Waals surface area contributed by atoms with Crippen LogP contribution in [0.1, 0.15) is 5.76 Å². The highest BCUT2D eigenvalue weighted by Crippen LogP contribution is 2.19. The van der Waals surface area contributed by atoms with Crippen LogP contribution in [0, 0.1) is 0 Å². The summed E-state index contributed by atoms with van der Waals surface area (Å²) in [4.78, 5) is 11.8. The Hall–Kier alpha value is -3.09. The number of ether oxygens (including phenoxy) is 1. The van der Waals surface area contributed by atoms with E-state index in [1.54, 1.807) is 43.5 Å². The predicted octanol–water partition coefficient (Wildman–Crippen LogP) is 1.72. The lowest BCUT2D eigenvalue weighted by molar-refractivity contribution is 0.415. The second kappa shape index (κ2) is 5.49. The first-order chi connectivity index (χ1) is 10.3. The van der Waals surface area contributed by atoms with Crippen molar-refractivity contribution in [3.63, 3.8) is 0 Å². The van der Waals surface area contributed by atoms with Crippen molar-refractivity contribution in [2.24, 2.45) is 5.10 Å². The first kappa shape index (κ1) is 12.9. The molecule has 0 spiro atoms. The summed E-state index contributed by atoms with van der Waals surface area (Å²) in [6.45, 7) is 0. The molecule has 0 saturated carbocycles. The number of methoxy groups -OCH3 is 1. The maximum absolute atomic E-state index is 11.8. The molecule has 0 unspecified atom stereocenters. The Morgan fingerprint density at radius 2 is 2.14 bits per heavy atom. The largest absolute Gasteiger partial charge is 0.497 e. The van der Waals surface area contributed by atoms with Gasteiger partial charge in [-0.2, -0.15) is 14.9 Å². The Morgan fingerprint density at radius 3 is 2.81 bits per heavy atom. The van der Waals surface area contributed by atoms with E-state index in [1.807, 2.05) is 0 Å². The van der Waals surface area contributed by atoms with Gasteiger partial charge in [-0.3, -0.25) is 0 Å². The van der Waals surface area contributed by atoms with Crippen molar-refractivity contribution >= 4 is 6.21 Å². The Labute approximate surface area is 119 Å². The van der Waals surface area contributed by atoms with Crippen molar-refractivity contribution in [1.29, 1.82) is 0 Å². The van der Waals surface area contributed by atoms with Gasteiger partial charge in [-0.05, 0) is 36.4 Å². The third kappa shape index (κ3) is 2.62. The minimum absolute atomic E-state index is 0.408. The van der Waals surface area contributed by atoms with Crippen LogP contribution in [0.4, 0.5) is 0 Å². The van der Waals surface area contributed by atoms with Crippen molar-refractivity contribution < 1.29 is 9.15 Å². The van der Waals surface area contributed by atoms with Gasteiger partial charge in [0.25, 0.3) is 0 Å². The van der Waals surface area contributed by atoms with Gasteiger partial charge in [-0.15, -0.1) is 0 Å². The fourth-order valence-electron chi connectivity index (χ4n) is 1.81. The highest BCUT2D eigenvalue weighted by atomic mass is 16.5. The average molecular weight is 284 g/mol. The monoisotopic (exact) mass is 284 g/mol. The van der Waals surface area contributed by atoms with Crippen LogP contribution < -0.4 is 10.4 Å². The SMILES string of the molecule is COc1ccc(-c2n[nH]c(=O)n2/N=C/c2ccco2)cc1. The molecule has 0 aliphatic carbocycles. The molecule has 2 heterocycles. The van der Waals surface area contributed by atoms with Gasteiger partial charge in [0.1, 0.15) is 11.5 Å². The van der Waals surface area contributed by atoms with Crippen LogP contribution in [0.5, 0.6) is 5.75 Å². The maximum Gasteiger partial charge on any atom is 0.364 e. The summed E-state index contributed by atoms with van der Waals surface area (Å²) in [5.74, 6) is 1.68. The van der Waals surface area contributed by atoms with E-state index in [2.05, 4.69) is 15.3 Å². The fraction of sp³-hybridized carbons (Fsp3) is 0.0714. The number of aromatic amines is 1. The van der Waals surface area contributed by atoms with Gasteiger partial charge in [0.2, 0.25) is 0 Å². The summed E-state index contributed by atoms with van der Waals surface area (Å²) >= 11 is 0. The molecule has 1 N–H and O–H groups in total. The van der Waals surface area contributed by atoms with E-state index < -0.39 is 5.69 Å².